The normalized spacial score (nSPS) is 20.6. The summed E-state index contributed by atoms with van der Waals surface area (Å²) in [5.74, 6) is 0. The van der Waals surface area contributed by atoms with Crippen LogP contribution in [0.3, 0.4) is 0 Å². The summed E-state index contributed by atoms with van der Waals surface area (Å²) in [6.07, 6.45) is 3.18. The molecular weight excluding hydrogens is 288 g/mol. The standard InChI is InChI=1S/C15H24N2O3S/c1-11-9-13(16)10-12(2)15(11)21(19,20)17-7-4-3-5-14(17)6-8-18/h9-10,14,18H,3-8,16H2,1-2H3. The van der Waals surface area contributed by atoms with Gasteiger partial charge in [0.1, 0.15) is 0 Å². The van der Waals surface area contributed by atoms with Gasteiger partial charge in [-0.3, -0.25) is 0 Å². The molecule has 0 saturated carbocycles. The third-order valence-corrected chi connectivity index (χ3v) is 6.34. The lowest BCUT2D eigenvalue weighted by Gasteiger charge is -2.35. The van der Waals surface area contributed by atoms with Crippen LogP contribution in [-0.2, 0) is 10.0 Å². The number of nitrogens with zero attached hydrogens (tertiary/aromatic N) is 1. The molecule has 0 bridgehead atoms. The Balaban J connectivity index is 2.45. The monoisotopic (exact) mass is 312 g/mol. The number of hydrogen-bond donors (Lipinski definition) is 2. The number of aliphatic hydroxyl groups is 1. The number of rotatable bonds is 4. The molecular formula is C15H24N2O3S. The number of aryl methyl sites for hydroxylation is 2. The molecule has 5 nitrogen and oxygen atoms in total. The second-order valence-electron chi connectivity index (χ2n) is 5.76. The van der Waals surface area contributed by atoms with Crippen molar-refractivity contribution in [2.24, 2.45) is 0 Å². The van der Waals surface area contributed by atoms with E-state index in [-0.39, 0.29) is 12.6 Å². The molecule has 1 heterocycles. The van der Waals surface area contributed by atoms with Crippen molar-refractivity contribution in [3.05, 3.63) is 23.3 Å². The van der Waals surface area contributed by atoms with Crippen molar-refractivity contribution in [2.45, 2.75) is 50.5 Å². The number of piperidine rings is 1. The second kappa shape index (κ2) is 6.34. The maximum atomic E-state index is 13.0. The van der Waals surface area contributed by atoms with E-state index in [1.807, 2.05) is 0 Å². The van der Waals surface area contributed by atoms with Crippen LogP contribution >= 0.6 is 0 Å². The minimum atomic E-state index is -3.54. The SMILES string of the molecule is Cc1cc(N)cc(C)c1S(=O)(=O)N1CCCCC1CCO. The van der Waals surface area contributed by atoms with Crippen LogP contribution in [0.25, 0.3) is 0 Å². The summed E-state index contributed by atoms with van der Waals surface area (Å²) in [6.45, 7) is 4.09. The maximum absolute atomic E-state index is 13.0. The van der Waals surface area contributed by atoms with Crippen molar-refractivity contribution >= 4 is 15.7 Å². The van der Waals surface area contributed by atoms with Gasteiger partial charge in [0.15, 0.2) is 0 Å². The van der Waals surface area contributed by atoms with Gasteiger partial charge in [-0.25, -0.2) is 8.42 Å². The summed E-state index contributed by atoms with van der Waals surface area (Å²) < 4.78 is 27.6. The van der Waals surface area contributed by atoms with Gasteiger partial charge in [0, 0.05) is 24.9 Å². The molecule has 118 valence electrons. The average Bonchev–Trinajstić information content (AvgIpc) is 2.37. The van der Waals surface area contributed by atoms with Crippen LogP contribution in [0.4, 0.5) is 5.69 Å². The molecule has 1 aromatic rings. The summed E-state index contributed by atoms with van der Waals surface area (Å²) in [7, 11) is -3.54. The highest BCUT2D eigenvalue weighted by Crippen LogP contribution is 2.31. The maximum Gasteiger partial charge on any atom is 0.243 e. The van der Waals surface area contributed by atoms with Gasteiger partial charge in [0.25, 0.3) is 0 Å². The van der Waals surface area contributed by atoms with E-state index in [1.165, 1.54) is 0 Å². The summed E-state index contributed by atoms with van der Waals surface area (Å²) in [6, 6.07) is 3.29. The number of benzene rings is 1. The topological polar surface area (TPSA) is 83.6 Å². The zero-order chi connectivity index (χ0) is 15.6. The number of anilines is 1. The van der Waals surface area contributed by atoms with Gasteiger partial charge in [-0.15, -0.1) is 0 Å². The smallest absolute Gasteiger partial charge is 0.243 e. The summed E-state index contributed by atoms with van der Waals surface area (Å²) in [5.41, 5.74) is 7.72. The van der Waals surface area contributed by atoms with Crippen LogP contribution in [-0.4, -0.2) is 37.0 Å². The predicted octanol–water partition coefficient (Wildman–Crippen LogP) is 1.81. The van der Waals surface area contributed by atoms with Gasteiger partial charge < -0.3 is 10.8 Å². The van der Waals surface area contributed by atoms with Gasteiger partial charge in [-0.1, -0.05) is 6.42 Å². The molecule has 0 aliphatic carbocycles. The third-order valence-electron chi connectivity index (χ3n) is 4.08. The van der Waals surface area contributed by atoms with E-state index in [2.05, 4.69) is 0 Å². The molecule has 1 atom stereocenters. The van der Waals surface area contributed by atoms with Gasteiger partial charge in [0.05, 0.1) is 4.90 Å². The molecule has 1 fully saturated rings. The summed E-state index contributed by atoms with van der Waals surface area (Å²) >= 11 is 0. The molecule has 0 aromatic heterocycles. The highest BCUT2D eigenvalue weighted by atomic mass is 32.2. The Morgan fingerprint density at radius 2 is 1.90 bits per heavy atom. The van der Waals surface area contributed by atoms with E-state index in [1.54, 1.807) is 30.3 Å². The van der Waals surface area contributed by atoms with E-state index in [0.29, 0.717) is 34.7 Å². The van der Waals surface area contributed by atoms with E-state index in [0.717, 1.165) is 19.3 Å². The lowest BCUT2D eigenvalue weighted by Crippen LogP contribution is -2.44. The van der Waals surface area contributed by atoms with Crippen molar-refractivity contribution in [1.29, 1.82) is 0 Å². The Kier molecular flexibility index (Phi) is 4.91. The highest BCUT2D eigenvalue weighted by Gasteiger charge is 2.34. The van der Waals surface area contributed by atoms with Crippen molar-refractivity contribution in [3.8, 4) is 0 Å². The molecule has 3 N–H and O–H groups in total. The number of nitrogen functional groups attached to an aromatic ring is 1. The summed E-state index contributed by atoms with van der Waals surface area (Å²) in [5, 5.41) is 9.18. The predicted molar refractivity (Wildman–Crippen MR) is 83.6 cm³/mol. The van der Waals surface area contributed by atoms with Crippen LogP contribution in [0.15, 0.2) is 17.0 Å². The van der Waals surface area contributed by atoms with Gasteiger partial charge in [-0.2, -0.15) is 4.31 Å². The zero-order valence-corrected chi connectivity index (χ0v) is 13.5. The Labute approximate surface area is 126 Å². The first kappa shape index (κ1) is 16.3. The van der Waals surface area contributed by atoms with Gasteiger partial charge >= 0.3 is 0 Å². The lowest BCUT2D eigenvalue weighted by atomic mass is 10.0. The first-order chi connectivity index (χ1) is 9.87. The molecule has 21 heavy (non-hydrogen) atoms. The van der Waals surface area contributed by atoms with Crippen molar-refractivity contribution in [3.63, 3.8) is 0 Å². The fourth-order valence-corrected chi connectivity index (χ4v) is 5.37. The quantitative estimate of drug-likeness (QED) is 0.831. The van der Waals surface area contributed by atoms with E-state index >= 15 is 0 Å². The number of aliphatic hydroxyl groups excluding tert-OH is 1. The minimum Gasteiger partial charge on any atom is -0.399 e. The molecule has 0 spiro atoms. The van der Waals surface area contributed by atoms with Crippen LogP contribution in [0.5, 0.6) is 0 Å². The number of nitrogens with two attached hydrogens (primary N) is 1. The number of sulfonamides is 1. The Morgan fingerprint density at radius 1 is 1.29 bits per heavy atom. The molecule has 1 saturated heterocycles. The molecule has 1 aromatic carbocycles. The molecule has 2 rings (SSSR count). The summed E-state index contributed by atoms with van der Waals surface area (Å²) in [4.78, 5) is 0.363. The van der Waals surface area contributed by atoms with Crippen LogP contribution < -0.4 is 5.73 Å². The van der Waals surface area contributed by atoms with Gasteiger partial charge in [0.2, 0.25) is 10.0 Å². The Hall–Kier alpha value is -1.11. The van der Waals surface area contributed by atoms with E-state index < -0.39 is 10.0 Å². The van der Waals surface area contributed by atoms with Gasteiger partial charge in [-0.05, 0) is 56.4 Å². The van der Waals surface area contributed by atoms with Crippen molar-refractivity contribution < 1.29 is 13.5 Å². The first-order valence-electron chi connectivity index (χ1n) is 7.37. The first-order valence-corrected chi connectivity index (χ1v) is 8.81. The average molecular weight is 312 g/mol. The van der Waals surface area contributed by atoms with Crippen LogP contribution in [0.2, 0.25) is 0 Å². The number of hydrogen-bond acceptors (Lipinski definition) is 4. The molecule has 1 aliphatic rings. The largest absolute Gasteiger partial charge is 0.399 e. The molecule has 1 unspecified atom stereocenters. The van der Waals surface area contributed by atoms with E-state index in [4.69, 9.17) is 5.73 Å². The van der Waals surface area contributed by atoms with Crippen LogP contribution in [0.1, 0.15) is 36.8 Å². The second-order valence-corrected chi connectivity index (χ2v) is 7.59. The third kappa shape index (κ3) is 3.22. The lowest BCUT2D eigenvalue weighted by molar-refractivity contribution is 0.192. The molecule has 1 aliphatic heterocycles. The van der Waals surface area contributed by atoms with Crippen molar-refractivity contribution in [1.82, 2.24) is 4.31 Å². The van der Waals surface area contributed by atoms with Crippen molar-refractivity contribution in [2.75, 3.05) is 18.9 Å². The fraction of sp³-hybridized carbons (Fsp3) is 0.600. The minimum absolute atomic E-state index is 0.0103. The molecule has 0 amide bonds. The highest BCUT2D eigenvalue weighted by molar-refractivity contribution is 7.89. The van der Waals surface area contributed by atoms with E-state index in [9.17, 15) is 13.5 Å². The molecule has 0 radical (unpaired) electrons. The van der Waals surface area contributed by atoms with Crippen LogP contribution in [0, 0.1) is 13.8 Å². The Morgan fingerprint density at radius 3 is 2.48 bits per heavy atom. The molecule has 6 heteroatoms. The fourth-order valence-electron chi connectivity index (χ4n) is 3.24. The Bertz CT molecular complexity index is 588. The zero-order valence-electron chi connectivity index (χ0n) is 12.7.